The Balaban J connectivity index is 2.73. The number of nitrogens with zero attached hydrogens (tertiary/aromatic N) is 2. The molecule has 0 saturated heterocycles. The highest BCUT2D eigenvalue weighted by atomic mass is 79.9. The van der Waals surface area contributed by atoms with Gasteiger partial charge in [0.2, 0.25) is 5.95 Å². The minimum absolute atomic E-state index is 0.0940. The summed E-state index contributed by atoms with van der Waals surface area (Å²) in [7, 11) is 0. The lowest BCUT2D eigenvalue weighted by Gasteiger charge is -2.19. The summed E-state index contributed by atoms with van der Waals surface area (Å²) in [5.74, 6) is -0.983. The van der Waals surface area contributed by atoms with Crippen molar-refractivity contribution in [3.8, 4) is 0 Å². The van der Waals surface area contributed by atoms with Gasteiger partial charge < -0.3 is 5.32 Å². The lowest BCUT2D eigenvalue weighted by molar-refractivity contribution is -0.144. The molecule has 0 amide bonds. The van der Waals surface area contributed by atoms with Crippen LogP contribution in [0.2, 0.25) is 0 Å². The molecule has 0 fully saturated rings. The van der Waals surface area contributed by atoms with Gasteiger partial charge in [0.05, 0.1) is 11.1 Å². The van der Waals surface area contributed by atoms with E-state index in [1.165, 1.54) is 0 Å². The normalized spacial score (nSPS) is 12.8. The van der Waals surface area contributed by atoms with Crippen molar-refractivity contribution >= 4 is 33.8 Å². The fourth-order valence-corrected chi connectivity index (χ4v) is 2.82. The maximum absolute atomic E-state index is 13.1. The van der Waals surface area contributed by atoms with E-state index in [0.717, 1.165) is 0 Å². The van der Waals surface area contributed by atoms with Crippen LogP contribution in [0.5, 0.6) is 0 Å². The van der Waals surface area contributed by atoms with Crippen LogP contribution in [0.4, 0.5) is 51.1 Å². The average molecular weight is 496 g/mol. The molecule has 1 N–H and O–H groups in total. The molecule has 2 aromatic rings. The van der Waals surface area contributed by atoms with Crippen LogP contribution in [0, 0.1) is 0 Å². The van der Waals surface area contributed by atoms with Crippen LogP contribution < -0.4 is 10.9 Å². The largest absolute Gasteiger partial charge is 0.433 e. The highest BCUT2D eigenvalue weighted by Crippen LogP contribution is 2.44. The topological polar surface area (TPSA) is 46.9 Å². The number of aromatic nitrogens is 2. The van der Waals surface area contributed by atoms with Crippen LogP contribution >= 0.6 is 15.9 Å². The number of hydrogen-bond acceptors (Lipinski definition) is 3. The predicted octanol–water partition coefficient (Wildman–Crippen LogP) is 5.91. The van der Waals surface area contributed by atoms with Gasteiger partial charge in [0, 0.05) is 22.4 Å². The number of anilines is 2. The molecule has 1 aromatic carbocycles. The third-order valence-electron chi connectivity index (χ3n) is 3.36. The lowest BCUT2D eigenvalue weighted by atomic mass is 10.1. The second kappa shape index (κ2) is 7.39. The SMILES string of the molecule is C=Cn1c(Nc2cc(C(F)(F)F)c(Br)c(C(F)(F)F)c2)nc(C(F)(F)F)cc1=O. The van der Waals surface area contributed by atoms with E-state index in [1.54, 1.807) is 0 Å². The Bertz CT molecular complexity index is 971. The monoisotopic (exact) mass is 495 g/mol. The zero-order chi connectivity index (χ0) is 22.4. The predicted molar refractivity (Wildman–Crippen MR) is 87.3 cm³/mol. The molecule has 4 nitrogen and oxygen atoms in total. The summed E-state index contributed by atoms with van der Waals surface area (Å²) in [5.41, 5.74) is -7.40. The molecule has 29 heavy (non-hydrogen) atoms. The van der Waals surface area contributed by atoms with Crippen LogP contribution in [0.1, 0.15) is 16.8 Å². The highest BCUT2D eigenvalue weighted by Gasteiger charge is 2.41. The van der Waals surface area contributed by atoms with Crippen LogP contribution in [0.15, 0.2) is 34.0 Å². The van der Waals surface area contributed by atoms with Crippen LogP contribution in [-0.2, 0) is 18.5 Å². The van der Waals surface area contributed by atoms with Crippen molar-refractivity contribution in [1.29, 1.82) is 0 Å². The Hall–Kier alpha value is -2.51. The molecule has 0 aliphatic rings. The Labute approximate surface area is 163 Å². The third-order valence-corrected chi connectivity index (χ3v) is 4.22. The molecule has 0 radical (unpaired) electrons. The lowest BCUT2D eigenvalue weighted by Crippen LogP contribution is -2.24. The number of benzene rings is 1. The second-order valence-corrected chi connectivity index (χ2v) is 6.15. The summed E-state index contributed by atoms with van der Waals surface area (Å²) in [6.07, 6.45) is -14.9. The molecular weight excluding hydrogens is 489 g/mol. The van der Waals surface area contributed by atoms with Gasteiger partial charge in [-0.15, -0.1) is 0 Å². The number of halogens is 10. The van der Waals surface area contributed by atoms with Gasteiger partial charge in [-0.05, 0) is 28.1 Å². The first-order chi connectivity index (χ1) is 13.1. The zero-order valence-electron chi connectivity index (χ0n) is 13.6. The summed E-state index contributed by atoms with van der Waals surface area (Å²) in [5, 5.41) is 1.89. The fraction of sp³-hybridized carbons (Fsp3) is 0.200. The van der Waals surface area contributed by atoms with Gasteiger partial charge >= 0.3 is 18.5 Å². The Morgan fingerprint density at radius 1 is 0.931 bits per heavy atom. The highest BCUT2D eigenvalue weighted by molar-refractivity contribution is 9.10. The number of nitrogens with one attached hydrogen (secondary N) is 1. The van der Waals surface area contributed by atoms with Gasteiger partial charge in [0.25, 0.3) is 5.56 Å². The minimum atomic E-state index is -5.23. The molecule has 1 heterocycles. The molecule has 0 bridgehead atoms. The Morgan fingerprint density at radius 3 is 1.79 bits per heavy atom. The standard InChI is InChI=1S/C15H7BrF9N3O/c1-2-28-10(29)5-9(15(23,24)25)27-12(28)26-6-3-7(13(17,18)19)11(16)8(4-6)14(20,21)22/h2-5H,1H2,(H,26,27). The van der Waals surface area contributed by atoms with Gasteiger partial charge in [0.1, 0.15) is 0 Å². The molecule has 14 heteroatoms. The molecule has 0 saturated carbocycles. The first-order valence-electron chi connectivity index (χ1n) is 7.14. The van der Waals surface area contributed by atoms with Crippen LogP contribution in [0.25, 0.3) is 6.20 Å². The van der Waals surface area contributed by atoms with Crippen molar-refractivity contribution in [3.63, 3.8) is 0 Å². The van der Waals surface area contributed by atoms with E-state index < -0.39 is 57.0 Å². The van der Waals surface area contributed by atoms with Crippen LogP contribution in [-0.4, -0.2) is 9.55 Å². The minimum Gasteiger partial charge on any atom is -0.325 e. The van der Waals surface area contributed by atoms with Crippen LogP contribution in [0.3, 0.4) is 0 Å². The van der Waals surface area contributed by atoms with Gasteiger partial charge in [-0.25, -0.2) is 4.98 Å². The molecule has 2 rings (SSSR count). The van der Waals surface area contributed by atoms with E-state index in [9.17, 15) is 44.3 Å². The summed E-state index contributed by atoms with van der Waals surface area (Å²) >= 11 is 2.25. The Morgan fingerprint density at radius 2 is 1.41 bits per heavy atom. The average Bonchev–Trinajstić information content (AvgIpc) is 2.53. The van der Waals surface area contributed by atoms with Crippen molar-refractivity contribution in [2.75, 3.05) is 5.32 Å². The molecule has 0 unspecified atom stereocenters. The van der Waals surface area contributed by atoms with Crippen molar-refractivity contribution in [1.82, 2.24) is 9.55 Å². The first-order valence-corrected chi connectivity index (χ1v) is 7.93. The van der Waals surface area contributed by atoms with Gasteiger partial charge in [-0.1, -0.05) is 6.58 Å². The van der Waals surface area contributed by atoms with Crippen molar-refractivity contribution in [2.24, 2.45) is 0 Å². The van der Waals surface area contributed by atoms with Crippen molar-refractivity contribution in [3.05, 3.63) is 56.4 Å². The smallest absolute Gasteiger partial charge is 0.325 e. The summed E-state index contributed by atoms with van der Waals surface area (Å²) in [6.45, 7) is 3.15. The molecule has 0 aliphatic carbocycles. The van der Waals surface area contributed by atoms with E-state index in [-0.39, 0.29) is 18.2 Å². The molecule has 0 atom stereocenters. The van der Waals surface area contributed by atoms with E-state index >= 15 is 0 Å². The van der Waals surface area contributed by atoms with Gasteiger partial charge in [0.15, 0.2) is 5.69 Å². The molecular formula is C15H7BrF9N3O. The molecule has 158 valence electrons. The van der Waals surface area contributed by atoms with Gasteiger partial charge in [-0.2, -0.15) is 39.5 Å². The molecule has 1 aromatic heterocycles. The van der Waals surface area contributed by atoms with E-state index in [0.29, 0.717) is 10.8 Å². The van der Waals surface area contributed by atoms with E-state index in [1.807, 2.05) is 5.32 Å². The zero-order valence-corrected chi connectivity index (χ0v) is 15.2. The van der Waals surface area contributed by atoms with Crippen molar-refractivity contribution < 1.29 is 39.5 Å². The summed E-state index contributed by atoms with van der Waals surface area (Å²) in [6, 6.07) is 0.537. The Kier molecular flexibility index (Phi) is 5.80. The molecule has 0 spiro atoms. The maximum atomic E-state index is 13.1. The van der Waals surface area contributed by atoms with E-state index in [2.05, 4.69) is 27.5 Å². The second-order valence-electron chi connectivity index (χ2n) is 5.36. The number of hydrogen-bond donors (Lipinski definition) is 1. The quantitative estimate of drug-likeness (QED) is 0.539. The first kappa shape index (κ1) is 22.8. The molecule has 0 aliphatic heterocycles. The van der Waals surface area contributed by atoms with Gasteiger partial charge in [-0.3, -0.25) is 9.36 Å². The number of alkyl halides is 9. The fourth-order valence-electron chi connectivity index (χ4n) is 2.14. The third kappa shape index (κ3) is 4.92. The summed E-state index contributed by atoms with van der Waals surface area (Å²) in [4.78, 5) is 14.8. The summed E-state index contributed by atoms with van der Waals surface area (Å²) < 4.78 is 116. The maximum Gasteiger partial charge on any atom is 0.433 e. The number of rotatable bonds is 3. The van der Waals surface area contributed by atoms with E-state index in [4.69, 9.17) is 0 Å². The van der Waals surface area contributed by atoms with Crippen molar-refractivity contribution in [2.45, 2.75) is 18.5 Å².